The van der Waals surface area contributed by atoms with Gasteiger partial charge in [-0.15, -0.1) is 0 Å². The molecule has 1 atom stereocenters. The van der Waals surface area contributed by atoms with E-state index < -0.39 is 29.9 Å². The first-order valence-corrected chi connectivity index (χ1v) is 6.72. The average Bonchev–Trinajstić information content (AvgIpc) is 2.45. The van der Waals surface area contributed by atoms with E-state index in [4.69, 9.17) is 5.11 Å². The SMILES string of the molecule is O=C(c1ccc(O)cc1F)N1CCC([C@H](O)C(F)(F)F)CC1. The Morgan fingerprint density at radius 3 is 2.36 bits per heavy atom. The van der Waals surface area contributed by atoms with Crippen LogP contribution in [0.3, 0.4) is 0 Å². The number of piperidine rings is 1. The summed E-state index contributed by atoms with van der Waals surface area (Å²) in [5.41, 5.74) is -0.243. The van der Waals surface area contributed by atoms with E-state index in [-0.39, 0.29) is 37.2 Å². The Hall–Kier alpha value is -1.83. The maximum absolute atomic E-state index is 13.6. The van der Waals surface area contributed by atoms with Crippen LogP contribution in [0.2, 0.25) is 0 Å². The van der Waals surface area contributed by atoms with E-state index in [1.54, 1.807) is 0 Å². The van der Waals surface area contributed by atoms with Crippen molar-refractivity contribution in [3.8, 4) is 5.75 Å². The number of benzene rings is 1. The molecule has 8 heteroatoms. The van der Waals surface area contributed by atoms with Crippen molar-refractivity contribution in [2.24, 2.45) is 5.92 Å². The number of carbonyl (C=O) groups is 1. The number of halogens is 4. The molecule has 2 rings (SSSR count). The molecule has 2 N–H and O–H groups in total. The van der Waals surface area contributed by atoms with Crippen LogP contribution in [0, 0.1) is 11.7 Å². The highest BCUT2D eigenvalue weighted by Gasteiger charge is 2.44. The number of amides is 1. The van der Waals surface area contributed by atoms with Crippen molar-refractivity contribution in [2.45, 2.75) is 25.1 Å². The van der Waals surface area contributed by atoms with Crippen molar-refractivity contribution >= 4 is 5.91 Å². The zero-order chi connectivity index (χ0) is 16.5. The first kappa shape index (κ1) is 16.5. The largest absolute Gasteiger partial charge is 0.508 e. The molecule has 1 aliphatic rings. The van der Waals surface area contributed by atoms with E-state index in [2.05, 4.69) is 0 Å². The number of phenolic OH excluding ortho intramolecular Hbond substituents is 1. The van der Waals surface area contributed by atoms with Gasteiger partial charge in [0.15, 0.2) is 6.10 Å². The fraction of sp³-hybridized carbons (Fsp3) is 0.500. The number of rotatable bonds is 2. The quantitative estimate of drug-likeness (QED) is 0.822. The van der Waals surface area contributed by atoms with Crippen LogP contribution in [0.5, 0.6) is 5.75 Å². The molecule has 1 saturated heterocycles. The number of nitrogens with zero attached hydrogens (tertiary/aromatic N) is 1. The van der Waals surface area contributed by atoms with Crippen LogP contribution in [-0.4, -0.2) is 46.4 Å². The van der Waals surface area contributed by atoms with Gasteiger partial charge in [0.25, 0.3) is 5.91 Å². The van der Waals surface area contributed by atoms with Gasteiger partial charge in [0.1, 0.15) is 11.6 Å². The summed E-state index contributed by atoms with van der Waals surface area (Å²) >= 11 is 0. The summed E-state index contributed by atoms with van der Waals surface area (Å²) in [6, 6.07) is 3.09. The molecular formula is C14H15F4NO3. The lowest BCUT2D eigenvalue weighted by Crippen LogP contribution is -2.45. The normalized spacial score (nSPS) is 18.3. The Labute approximate surface area is 124 Å². The topological polar surface area (TPSA) is 60.8 Å². The second-order valence-electron chi connectivity index (χ2n) is 5.28. The minimum absolute atomic E-state index is 0.00782. The minimum atomic E-state index is -4.68. The standard InChI is InChI=1S/C14H15F4NO3/c15-11-7-9(20)1-2-10(11)13(22)19-5-3-8(4-6-19)12(21)14(16,17)18/h1-2,7-8,12,20-21H,3-6H2/t12-/m0/s1. The molecule has 1 fully saturated rings. The predicted octanol–water partition coefficient (Wildman–Crippen LogP) is 2.31. The summed E-state index contributed by atoms with van der Waals surface area (Å²) in [6.07, 6.45) is -7.10. The molecule has 0 spiro atoms. The molecule has 1 aromatic carbocycles. The average molecular weight is 321 g/mol. The highest BCUT2D eigenvalue weighted by molar-refractivity contribution is 5.94. The van der Waals surface area contributed by atoms with Crippen molar-refractivity contribution in [3.63, 3.8) is 0 Å². The van der Waals surface area contributed by atoms with Crippen molar-refractivity contribution in [2.75, 3.05) is 13.1 Å². The zero-order valence-corrected chi connectivity index (χ0v) is 11.5. The number of carbonyl (C=O) groups excluding carboxylic acids is 1. The third-order valence-corrected chi connectivity index (χ3v) is 3.79. The fourth-order valence-corrected chi connectivity index (χ4v) is 2.53. The Morgan fingerprint density at radius 1 is 1.27 bits per heavy atom. The van der Waals surface area contributed by atoms with Crippen molar-refractivity contribution in [1.29, 1.82) is 0 Å². The van der Waals surface area contributed by atoms with E-state index in [0.29, 0.717) is 0 Å². The first-order valence-electron chi connectivity index (χ1n) is 6.72. The second-order valence-corrected chi connectivity index (χ2v) is 5.28. The third kappa shape index (κ3) is 3.49. The molecule has 22 heavy (non-hydrogen) atoms. The van der Waals surface area contributed by atoms with E-state index in [1.165, 1.54) is 4.90 Å². The molecule has 1 amide bonds. The maximum atomic E-state index is 13.6. The van der Waals surface area contributed by atoms with Gasteiger partial charge in [-0.25, -0.2) is 4.39 Å². The highest BCUT2D eigenvalue weighted by atomic mass is 19.4. The molecule has 0 aromatic heterocycles. The van der Waals surface area contributed by atoms with Gasteiger partial charge in [-0.1, -0.05) is 0 Å². The summed E-state index contributed by atoms with van der Waals surface area (Å²) in [5, 5.41) is 18.3. The zero-order valence-electron chi connectivity index (χ0n) is 11.5. The van der Waals surface area contributed by atoms with E-state index in [1.807, 2.05) is 0 Å². The van der Waals surface area contributed by atoms with Gasteiger partial charge in [0, 0.05) is 19.2 Å². The number of phenols is 1. The van der Waals surface area contributed by atoms with Crippen LogP contribution in [0.1, 0.15) is 23.2 Å². The molecule has 0 bridgehead atoms. The van der Waals surface area contributed by atoms with Gasteiger partial charge in [0.05, 0.1) is 5.56 Å². The van der Waals surface area contributed by atoms with Crippen LogP contribution in [0.25, 0.3) is 0 Å². The van der Waals surface area contributed by atoms with Crippen molar-refractivity contribution < 1.29 is 32.6 Å². The van der Waals surface area contributed by atoms with Gasteiger partial charge in [0.2, 0.25) is 0 Å². The predicted molar refractivity (Wildman–Crippen MR) is 68.8 cm³/mol. The van der Waals surface area contributed by atoms with Gasteiger partial charge in [-0.05, 0) is 30.9 Å². The number of likely N-dealkylation sites (tertiary alicyclic amines) is 1. The Bertz CT molecular complexity index is 554. The minimum Gasteiger partial charge on any atom is -0.508 e. The molecule has 1 aliphatic heterocycles. The van der Waals surface area contributed by atoms with Gasteiger partial charge < -0.3 is 15.1 Å². The summed E-state index contributed by atoms with van der Waals surface area (Å²) in [5.74, 6) is -2.81. The molecule has 0 aliphatic carbocycles. The number of hydrogen-bond acceptors (Lipinski definition) is 3. The fourth-order valence-electron chi connectivity index (χ4n) is 2.53. The number of aromatic hydroxyl groups is 1. The number of alkyl halides is 3. The van der Waals surface area contributed by atoms with Crippen LogP contribution in [0.15, 0.2) is 18.2 Å². The van der Waals surface area contributed by atoms with Gasteiger partial charge in [-0.2, -0.15) is 13.2 Å². The second kappa shape index (κ2) is 6.12. The van der Waals surface area contributed by atoms with Crippen molar-refractivity contribution in [3.05, 3.63) is 29.6 Å². The molecule has 1 aromatic rings. The summed E-state index contributed by atoms with van der Waals surface area (Å²) in [4.78, 5) is 13.4. The number of aliphatic hydroxyl groups excluding tert-OH is 1. The maximum Gasteiger partial charge on any atom is 0.414 e. The molecular weight excluding hydrogens is 306 g/mol. The summed E-state index contributed by atoms with van der Waals surface area (Å²) < 4.78 is 50.9. The molecule has 122 valence electrons. The van der Waals surface area contributed by atoms with Crippen LogP contribution in [-0.2, 0) is 0 Å². The van der Waals surface area contributed by atoms with Gasteiger partial charge >= 0.3 is 6.18 Å². The monoisotopic (exact) mass is 321 g/mol. The Morgan fingerprint density at radius 2 is 1.86 bits per heavy atom. The third-order valence-electron chi connectivity index (χ3n) is 3.79. The van der Waals surface area contributed by atoms with Crippen molar-refractivity contribution in [1.82, 2.24) is 4.90 Å². The lowest BCUT2D eigenvalue weighted by atomic mass is 9.90. The molecule has 0 unspecified atom stereocenters. The smallest absolute Gasteiger partial charge is 0.414 e. The first-order chi connectivity index (χ1) is 10.2. The van der Waals surface area contributed by atoms with Crippen LogP contribution < -0.4 is 0 Å². The lowest BCUT2D eigenvalue weighted by molar-refractivity contribution is -0.222. The Balaban J connectivity index is 2.01. The van der Waals surface area contributed by atoms with Gasteiger partial charge in [-0.3, -0.25) is 4.79 Å². The molecule has 4 nitrogen and oxygen atoms in total. The highest BCUT2D eigenvalue weighted by Crippen LogP contribution is 2.32. The van der Waals surface area contributed by atoms with E-state index >= 15 is 0 Å². The summed E-state index contributed by atoms with van der Waals surface area (Å²) in [7, 11) is 0. The Kier molecular flexibility index (Phi) is 4.60. The van der Waals surface area contributed by atoms with E-state index in [9.17, 15) is 27.5 Å². The molecule has 1 heterocycles. The van der Waals surface area contributed by atoms with Crippen LogP contribution >= 0.6 is 0 Å². The summed E-state index contributed by atoms with van der Waals surface area (Å²) in [6.45, 7) is 0.0217. The molecule has 0 saturated carbocycles. The number of hydrogen-bond donors (Lipinski definition) is 2. The number of aliphatic hydroxyl groups is 1. The molecule has 0 radical (unpaired) electrons. The van der Waals surface area contributed by atoms with Crippen LogP contribution in [0.4, 0.5) is 17.6 Å². The van der Waals surface area contributed by atoms with E-state index in [0.717, 1.165) is 18.2 Å². The lowest BCUT2D eigenvalue weighted by Gasteiger charge is -2.34.